The third-order valence-electron chi connectivity index (χ3n) is 5.16. The van der Waals surface area contributed by atoms with E-state index in [0.29, 0.717) is 25.7 Å². The van der Waals surface area contributed by atoms with Crippen molar-refractivity contribution < 1.29 is 24.3 Å². The van der Waals surface area contributed by atoms with E-state index < -0.39 is 17.9 Å². The van der Waals surface area contributed by atoms with Crippen LogP contribution >= 0.6 is 22.6 Å². The first-order valence-corrected chi connectivity index (χ1v) is 12.1. The van der Waals surface area contributed by atoms with E-state index in [1.54, 1.807) is 13.8 Å². The lowest BCUT2D eigenvalue weighted by Gasteiger charge is -2.14. The second-order valence-electron chi connectivity index (χ2n) is 8.20. The summed E-state index contributed by atoms with van der Waals surface area (Å²) in [6.07, 6.45) is 5.36. The van der Waals surface area contributed by atoms with Crippen LogP contribution in [-0.2, 0) is 25.6 Å². The molecule has 1 rings (SSSR count). The Kier molecular flexibility index (Phi) is 13.3. The Hall–Kier alpha value is -1.77. The third kappa shape index (κ3) is 12.6. The van der Waals surface area contributed by atoms with Crippen molar-refractivity contribution in [2.24, 2.45) is 5.92 Å². The van der Waals surface area contributed by atoms with Gasteiger partial charge in [-0.15, -0.1) is 0 Å². The van der Waals surface area contributed by atoms with E-state index in [-0.39, 0.29) is 30.3 Å². The Balaban J connectivity index is 2.18. The summed E-state index contributed by atoms with van der Waals surface area (Å²) in [7, 11) is 0. The number of amides is 1. The largest absolute Gasteiger partial charge is 0.480 e. The molecule has 1 aromatic carbocycles. The van der Waals surface area contributed by atoms with E-state index in [1.807, 2.05) is 0 Å². The number of carboxylic acids is 1. The van der Waals surface area contributed by atoms with Gasteiger partial charge in [0.2, 0.25) is 5.91 Å². The summed E-state index contributed by atoms with van der Waals surface area (Å²) in [4.78, 5) is 46.9. The summed E-state index contributed by atoms with van der Waals surface area (Å²) in [5.74, 6) is -1.39. The van der Waals surface area contributed by atoms with Crippen molar-refractivity contribution in [3.63, 3.8) is 0 Å². The van der Waals surface area contributed by atoms with Crippen molar-refractivity contribution >= 4 is 46.0 Å². The molecule has 0 saturated carbocycles. The maximum Gasteiger partial charge on any atom is 0.326 e. The highest BCUT2D eigenvalue weighted by molar-refractivity contribution is 14.1. The molecule has 0 fully saturated rings. The zero-order valence-corrected chi connectivity index (χ0v) is 20.7. The van der Waals surface area contributed by atoms with E-state index >= 15 is 0 Å². The molecule has 0 bridgehead atoms. The van der Waals surface area contributed by atoms with Crippen molar-refractivity contribution in [2.45, 2.75) is 84.1 Å². The summed E-state index contributed by atoms with van der Waals surface area (Å²) in [5.41, 5.74) is 1.24. The summed E-state index contributed by atoms with van der Waals surface area (Å²) in [6, 6.07) is 7.36. The number of hydrogen-bond donors (Lipinski definition) is 2. The van der Waals surface area contributed by atoms with Crippen LogP contribution in [-0.4, -0.2) is 34.6 Å². The van der Waals surface area contributed by atoms with Crippen LogP contribution in [0.3, 0.4) is 0 Å². The number of aryl methyl sites for hydroxylation is 1. The van der Waals surface area contributed by atoms with Gasteiger partial charge in [0.15, 0.2) is 0 Å². The second kappa shape index (κ2) is 15.1. The highest BCUT2D eigenvalue weighted by Gasteiger charge is 2.20. The molecule has 7 heteroatoms. The lowest BCUT2D eigenvalue weighted by atomic mass is 10.0. The fourth-order valence-electron chi connectivity index (χ4n) is 3.16. The maximum atomic E-state index is 12.0. The molecule has 0 radical (unpaired) electrons. The number of ketones is 2. The summed E-state index contributed by atoms with van der Waals surface area (Å²) >= 11 is 2.27. The number of carbonyl (C=O) groups excluding carboxylic acids is 3. The molecular formula is C24H34INO5. The number of nitrogens with one attached hydrogen (secondary N) is 1. The Bertz CT molecular complexity index is 730. The van der Waals surface area contributed by atoms with E-state index in [9.17, 15) is 24.3 Å². The number of benzene rings is 1. The molecule has 31 heavy (non-hydrogen) atoms. The Morgan fingerprint density at radius 3 is 2.16 bits per heavy atom. The van der Waals surface area contributed by atoms with Gasteiger partial charge in [-0.2, -0.15) is 0 Å². The number of carboxylic acid groups (broad SMARTS) is 1. The van der Waals surface area contributed by atoms with Crippen LogP contribution in [0, 0.1) is 9.49 Å². The molecule has 0 aliphatic rings. The van der Waals surface area contributed by atoms with Crippen molar-refractivity contribution in [1.82, 2.24) is 5.32 Å². The first-order chi connectivity index (χ1) is 14.7. The molecule has 6 nitrogen and oxygen atoms in total. The molecule has 0 aliphatic heterocycles. The van der Waals surface area contributed by atoms with Crippen molar-refractivity contribution in [2.75, 3.05) is 0 Å². The summed E-state index contributed by atoms with van der Waals surface area (Å²) in [5, 5.41) is 11.8. The van der Waals surface area contributed by atoms with Gasteiger partial charge in [0, 0.05) is 35.2 Å². The first-order valence-electron chi connectivity index (χ1n) is 11.0. The SMILES string of the molecule is CC(C)C(=O)CCC(=O)N[C@H](CCCCCC(=O)CCCc1ccc(I)cc1)C(=O)O. The van der Waals surface area contributed by atoms with Crippen molar-refractivity contribution in [3.05, 3.63) is 33.4 Å². The normalized spacial score (nSPS) is 11.9. The van der Waals surface area contributed by atoms with Crippen molar-refractivity contribution in [3.8, 4) is 0 Å². The van der Waals surface area contributed by atoms with Gasteiger partial charge in [-0.05, 0) is 66.0 Å². The van der Waals surface area contributed by atoms with E-state index in [0.717, 1.165) is 25.7 Å². The van der Waals surface area contributed by atoms with Crippen LogP contribution in [0.4, 0.5) is 0 Å². The minimum atomic E-state index is -1.07. The van der Waals surface area contributed by atoms with Gasteiger partial charge in [-0.3, -0.25) is 14.4 Å². The average Bonchev–Trinajstić information content (AvgIpc) is 2.72. The third-order valence-corrected chi connectivity index (χ3v) is 5.88. The van der Waals surface area contributed by atoms with Gasteiger partial charge < -0.3 is 10.4 Å². The lowest BCUT2D eigenvalue weighted by Crippen LogP contribution is -2.40. The van der Waals surface area contributed by atoms with Crippen LogP contribution < -0.4 is 5.32 Å². The molecule has 0 spiro atoms. The summed E-state index contributed by atoms with van der Waals surface area (Å²) in [6.45, 7) is 3.55. The molecule has 0 aromatic heterocycles. The van der Waals surface area contributed by atoms with E-state index in [2.05, 4.69) is 52.2 Å². The number of rotatable bonds is 16. The topological polar surface area (TPSA) is 101 Å². The van der Waals surface area contributed by atoms with Crippen LogP contribution in [0.1, 0.15) is 77.2 Å². The molecule has 2 N–H and O–H groups in total. The zero-order valence-electron chi connectivity index (χ0n) is 18.5. The Labute approximate surface area is 198 Å². The fraction of sp³-hybridized carbons (Fsp3) is 0.583. The minimum absolute atomic E-state index is 0.00904. The molecule has 172 valence electrons. The number of carbonyl (C=O) groups is 4. The highest BCUT2D eigenvalue weighted by atomic mass is 127. The van der Waals surface area contributed by atoms with Crippen LogP contribution in [0.15, 0.2) is 24.3 Å². The molecule has 0 heterocycles. The molecule has 0 saturated heterocycles. The van der Waals surface area contributed by atoms with E-state index in [1.165, 1.54) is 9.13 Å². The van der Waals surface area contributed by atoms with E-state index in [4.69, 9.17) is 0 Å². The summed E-state index contributed by atoms with van der Waals surface area (Å²) < 4.78 is 1.20. The molecule has 1 aromatic rings. The second-order valence-corrected chi connectivity index (χ2v) is 9.44. The Morgan fingerprint density at radius 1 is 0.903 bits per heavy atom. The Morgan fingerprint density at radius 2 is 1.55 bits per heavy atom. The van der Waals surface area contributed by atoms with Gasteiger partial charge >= 0.3 is 5.97 Å². The van der Waals surface area contributed by atoms with Crippen LogP contribution in [0.2, 0.25) is 0 Å². The molecule has 1 atom stereocenters. The average molecular weight is 543 g/mol. The molecule has 0 unspecified atom stereocenters. The van der Waals surface area contributed by atoms with Gasteiger partial charge in [0.1, 0.15) is 17.6 Å². The van der Waals surface area contributed by atoms with Gasteiger partial charge in [-0.1, -0.05) is 38.8 Å². The lowest BCUT2D eigenvalue weighted by molar-refractivity contribution is -0.142. The number of aliphatic carboxylic acids is 1. The number of halogens is 1. The predicted octanol–water partition coefficient (Wildman–Crippen LogP) is 4.71. The minimum Gasteiger partial charge on any atom is -0.480 e. The maximum absolute atomic E-state index is 12.0. The fourth-order valence-corrected chi connectivity index (χ4v) is 3.52. The number of hydrogen-bond acceptors (Lipinski definition) is 4. The monoisotopic (exact) mass is 543 g/mol. The van der Waals surface area contributed by atoms with Gasteiger partial charge in [0.25, 0.3) is 0 Å². The number of Topliss-reactive ketones (excluding diaryl/α,β-unsaturated/α-hetero) is 2. The van der Waals surface area contributed by atoms with Gasteiger partial charge in [0.05, 0.1) is 0 Å². The van der Waals surface area contributed by atoms with Crippen molar-refractivity contribution in [1.29, 1.82) is 0 Å². The van der Waals surface area contributed by atoms with Crippen LogP contribution in [0.25, 0.3) is 0 Å². The highest BCUT2D eigenvalue weighted by Crippen LogP contribution is 2.12. The van der Waals surface area contributed by atoms with Crippen LogP contribution in [0.5, 0.6) is 0 Å². The molecular weight excluding hydrogens is 509 g/mol. The molecule has 0 aliphatic carbocycles. The zero-order chi connectivity index (χ0) is 23.2. The standard InChI is InChI=1S/C24H34INO5/c1-17(2)22(28)15-16-23(29)26-21(24(30)31)10-5-3-4-8-20(27)9-6-7-18-11-13-19(25)14-12-18/h11-14,17,21H,3-10,15-16H2,1-2H3,(H,26,29)(H,30,31)/t21-/m1/s1. The smallest absolute Gasteiger partial charge is 0.326 e. The van der Waals surface area contributed by atoms with Gasteiger partial charge in [-0.25, -0.2) is 4.79 Å². The number of unbranched alkanes of at least 4 members (excludes halogenated alkanes) is 2. The first kappa shape index (κ1) is 27.3. The predicted molar refractivity (Wildman–Crippen MR) is 129 cm³/mol. The quantitative estimate of drug-likeness (QED) is 0.233. The molecule has 1 amide bonds.